The number of nitrogens with two attached hydrogens (primary N) is 1. The maximum atomic E-state index is 14.4. The molecule has 0 radical (unpaired) electrons. The van der Waals surface area contributed by atoms with E-state index in [-0.39, 0.29) is 16.3 Å². The Kier molecular flexibility index (Phi) is 3.66. The van der Waals surface area contributed by atoms with Gasteiger partial charge in [0, 0.05) is 11.0 Å². The molecule has 1 aliphatic carbocycles. The molecule has 1 fully saturated rings. The highest BCUT2D eigenvalue weighted by Crippen LogP contribution is 2.45. The molecule has 1 saturated carbocycles. The molecule has 0 bridgehead atoms. The normalized spacial score (nSPS) is 17.9. The summed E-state index contributed by atoms with van der Waals surface area (Å²) in [6.45, 7) is 2.15. The van der Waals surface area contributed by atoms with Gasteiger partial charge in [-0.05, 0) is 18.9 Å². The van der Waals surface area contributed by atoms with E-state index in [2.05, 4.69) is 12.1 Å². The number of hydrogen-bond donors (Lipinski definition) is 1. The topological polar surface area (TPSA) is 52.0 Å². The Bertz CT molecular complexity index is 662. The summed E-state index contributed by atoms with van der Waals surface area (Å²) in [5.41, 5.74) is 7.47. The molecule has 2 aromatic rings. The van der Waals surface area contributed by atoms with Crippen molar-refractivity contribution < 1.29 is 8.91 Å². The van der Waals surface area contributed by atoms with Gasteiger partial charge in [0.1, 0.15) is 5.82 Å². The molecule has 0 unspecified atom stereocenters. The van der Waals surface area contributed by atoms with Crippen molar-refractivity contribution in [3.05, 3.63) is 34.7 Å². The van der Waals surface area contributed by atoms with Crippen molar-refractivity contribution in [2.75, 3.05) is 5.73 Å². The number of nitrogens with zero attached hydrogens (tertiary/aromatic N) is 1. The fraction of sp³-hybridized carbons (Fsp3) is 0.438. The lowest BCUT2D eigenvalue weighted by molar-refractivity contribution is 0.295. The van der Waals surface area contributed by atoms with Gasteiger partial charge in [-0.25, -0.2) is 4.39 Å². The molecule has 1 aliphatic rings. The minimum Gasteiger partial charge on any atom is -0.367 e. The van der Waals surface area contributed by atoms with E-state index in [1.807, 2.05) is 0 Å². The SMILES string of the molecule is CC1(c2noc(N)c2-c2cccc(Cl)c2F)CCCCC1. The number of aromatic nitrogens is 1. The molecule has 2 N–H and O–H groups in total. The molecule has 0 aliphatic heterocycles. The van der Waals surface area contributed by atoms with Gasteiger partial charge in [-0.2, -0.15) is 0 Å². The molecule has 0 atom stereocenters. The Morgan fingerprint density at radius 1 is 1.29 bits per heavy atom. The Morgan fingerprint density at radius 3 is 2.71 bits per heavy atom. The van der Waals surface area contributed by atoms with Crippen LogP contribution in [0.5, 0.6) is 0 Å². The third-order valence-corrected chi connectivity index (χ3v) is 4.76. The number of benzene rings is 1. The molecule has 112 valence electrons. The number of rotatable bonds is 2. The van der Waals surface area contributed by atoms with Gasteiger partial charge in [0.15, 0.2) is 0 Å². The van der Waals surface area contributed by atoms with E-state index in [4.69, 9.17) is 21.9 Å². The Labute approximate surface area is 128 Å². The summed E-state index contributed by atoms with van der Waals surface area (Å²) < 4.78 is 19.5. The first kappa shape index (κ1) is 14.4. The maximum Gasteiger partial charge on any atom is 0.230 e. The van der Waals surface area contributed by atoms with Crippen LogP contribution in [-0.4, -0.2) is 5.16 Å². The van der Waals surface area contributed by atoms with Crippen molar-refractivity contribution in [2.24, 2.45) is 0 Å². The zero-order valence-corrected chi connectivity index (χ0v) is 12.7. The van der Waals surface area contributed by atoms with Gasteiger partial charge in [0.05, 0.1) is 16.3 Å². The summed E-state index contributed by atoms with van der Waals surface area (Å²) in [6, 6.07) is 4.89. The van der Waals surface area contributed by atoms with Crippen LogP contribution in [0.3, 0.4) is 0 Å². The molecule has 3 nitrogen and oxygen atoms in total. The van der Waals surface area contributed by atoms with Crippen molar-refractivity contribution in [1.29, 1.82) is 0 Å². The predicted molar refractivity (Wildman–Crippen MR) is 81.8 cm³/mol. The standard InChI is InChI=1S/C16H18ClFN2O/c1-16(8-3-2-4-9-16)14-12(15(19)21-20-14)10-6-5-7-11(17)13(10)18/h5-7H,2-4,8-9,19H2,1H3. The number of halogens is 2. The average molecular weight is 309 g/mol. The Hall–Kier alpha value is -1.55. The second kappa shape index (κ2) is 5.34. The third-order valence-electron chi connectivity index (χ3n) is 4.47. The second-order valence-corrected chi connectivity index (χ2v) is 6.40. The third kappa shape index (κ3) is 2.42. The Balaban J connectivity index is 2.15. The van der Waals surface area contributed by atoms with Crippen LogP contribution in [0.2, 0.25) is 5.02 Å². The van der Waals surface area contributed by atoms with Gasteiger partial charge in [-0.15, -0.1) is 0 Å². The van der Waals surface area contributed by atoms with Crippen LogP contribution < -0.4 is 5.73 Å². The van der Waals surface area contributed by atoms with Crippen molar-refractivity contribution in [1.82, 2.24) is 5.16 Å². The summed E-state index contributed by atoms with van der Waals surface area (Å²) in [6.07, 6.45) is 5.52. The van der Waals surface area contributed by atoms with E-state index in [0.29, 0.717) is 11.1 Å². The molecule has 1 heterocycles. The van der Waals surface area contributed by atoms with Gasteiger partial charge >= 0.3 is 0 Å². The Morgan fingerprint density at radius 2 is 2.00 bits per heavy atom. The number of nitrogen functional groups attached to an aromatic ring is 1. The van der Waals surface area contributed by atoms with Crippen LogP contribution in [0, 0.1) is 5.82 Å². The highest BCUT2D eigenvalue weighted by Gasteiger charge is 2.36. The van der Waals surface area contributed by atoms with Crippen LogP contribution in [0.25, 0.3) is 11.1 Å². The zero-order chi connectivity index (χ0) is 15.0. The summed E-state index contributed by atoms with van der Waals surface area (Å²) in [4.78, 5) is 0. The van der Waals surface area contributed by atoms with Gasteiger partial charge < -0.3 is 10.3 Å². The van der Waals surface area contributed by atoms with Gasteiger partial charge in [-0.1, -0.05) is 55.1 Å². The van der Waals surface area contributed by atoms with E-state index in [9.17, 15) is 4.39 Å². The molecule has 21 heavy (non-hydrogen) atoms. The van der Waals surface area contributed by atoms with Gasteiger partial charge in [-0.3, -0.25) is 0 Å². The fourth-order valence-electron chi connectivity index (χ4n) is 3.24. The molecule has 1 aromatic heterocycles. The maximum absolute atomic E-state index is 14.4. The quantitative estimate of drug-likeness (QED) is 0.855. The molecular formula is C16H18ClFN2O. The smallest absolute Gasteiger partial charge is 0.230 e. The molecular weight excluding hydrogens is 291 g/mol. The minimum absolute atomic E-state index is 0.0767. The first-order valence-corrected chi connectivity index (χ1v) is 7.61. The van der Waals surface area contributed by atoms with Crippen LogP contribution in [0.15, 0.2) is 22.7 Å². The van der Waals surface area contributed by atoms with Crippen LogP contribution in [0.1, 0.15) is 44.7 Å². The minimum atomic E-state index is -0.477. The van der Waals surface area contributed by atoms with E-state index in [0.717, 1.165) is 31.4 Å². The summed E-state index contributed by atoms with van der Waals surface area (Å²) in [7, 11) is 0. The molecule has 5 heteroatoms. The summed E-state index contributed by atoms with van der Waals surface area (Å²) in [5.74, 6) is -0.326. The van der Waals surface area contributed by atoms with Crippen molar-refractivity contribution in [2.45, 2.75) is 44.4 Å². The first-order valence-electron chi connectivity index (χ1n) is 7.23. The number of hydrogen-bond acceptors (Lipinski definition) is 3. The van der Waals surface area contributed by atoms with Crippen molar-refractivity contribution >= 4 is 17.5 Å². The second-order valence-electron chi connectivity index (χ2n) is 5.99. The van der Waals surface area contributed by atoms with Gasteiger partial charge in [0.2, 0.25) is 5.88 Å². The largest absolute Gasteiger partial charge is 0.367 e. The lowest BCUT2D eigenvalue weighted by atomic mass is 9.72. The van der Waals surface area contributed by atoms with E-state index < -0.39 is 5.82 Å². The zero-order valence-electron chi connectivity index (χ0n) is 12.0. The summed E-state index contributed by atoms with van der Waals surface area (Å²) in [5, 5.41) is 4.23. The van der Waals surface area contributed by atoms with Crippen LogP contribution >= 0.6 is 11.6 Å². The predicted octanol–water partition coefficient (Wildman–Crippen LogP) is 4.94. The average Bonchev–Trinajstić information content (AvgIpc) is 2.85. The summed E-state index contributed by atoms with van der Waals surface area (Å²) >= 11 is 5.89. The molecule has 0 amide bonds. The molecule has 0 spiro atoms. The molecule has 0 saturated heterocycles. The van der Waals surface area contributed by atoms with E-state index in [1.165, 1.54) is 12.5 Å². The van der Waals surface area contributed by atoms with Crippen molar-refractivity contribution in [3.8, 4) is 11.1 Å². The highest BCUT2D eigenvalue weighted by atomic mass is 35.5. The molecule has 1 aromatic carbocycles. The van der Waals surface area contributed by atoms with Crippen molar-refractivity contribution in [3.63, 3.8) is 0 Å². The molecule has 3 rings (SSSR count). The lowest BCUT2D eigenvalue weighted by Crippen LogP contribution is -2.26. The number of anilines is 1. The fourth-order valence-corrected chi connectivity index (χ4v) is 3.42. The van der Waals surface area contributed by atoms with Gasteiger partial charge in [0.25, 0.3) is 0 Å². The van der Waals surface area contributed by atoms with E-state index in [1.54, 1.807) is 12.1 Å². The lowest BCUT2D eigenvalue weighted by Gasteiger charge is -2.32. The van der Waals surface area contributed by atoms with Crippen LogP contribution in [-0.2, 0) is 5.41 Å². The monoisotopic (exact) mass is 308 g/mol. The van der Waals surface area contributed by atoms with Crippen LogP contribution in [0.4, 0.5) is 10.3 Å². The first-order chi connectivity index (χ1) is 10.0. The highest BCUT2D eigenvalue weighted by molar-refractivity contribution is 6.31. The van der Waals surface area contributed by atoms with E-state index >= 15 is 0 Å².